The van der Waals surface area contributed by atoms with Crippen molar-refractivity contribution in [3.8, 4) is 0 Å². The maximum absolute atomic E-state index is 12.8. The normalized spacial score (nSPS) is 10.9. The number of rotatable bonds is 4. The van der Waals surface area contributed by atoms with Crippen LogP contribution in [0.1, 0.15) is 27.0 Å². The summed E-state index contributed by atoms with van der Waals surface area (Å²) in [6.07, 6.45) is 0. The zero-order valence-corrected chi connectivity index (χ0v) is 15.7. The van der Waals surface area contributed by atoms with E-state index < -0.39 is 5.76 Å². The highest BCUT2D eigenvalue weighted by Crippen LogP contribution is 2.21. The number of anilines is 1. The Hall–Kier alpha value is -3.60. The molecule has 0 radical (unpaired) electrons. The van der Waals surface area contributed by atoms with Crippen molar-refractivity contribution in [1.82, 2.24) is 4.57 Å². The number of aromatic nitrogens is 1. The van der Waals surface area contributed by atoms with Crippen LogP contribution in [0, 0.1) is 13.8 Å². The largest absolute Gasteiger partial charge is 0.420 e. The Bertz CT molecular complexity index is 1220. The van der Waals surface area contributed by atoms with Gasteiger partial charge in [-0.25, -0.2) is 4.79 Å². The van der Waals surface area contributed by atoms with Crippen molar-refractivity contribution in [3.63, 3.8) is 0 Å². The lowest BCUT2D eigenvalue weighted by Gasteiger charge is -2.10. The second kappa shape index (κ2) is 7.19. The molecule has 1 amide bonds. The molecule has 28 heavy (non-hydrogen) atoms. The first-order chi connectivity index (χ1) is 13.5. The second-order valence-electron chi connectivity index (χ2n) is 6.82. The lowest BCUT2D eigenvalue weighted by atomic mass is 10.1. The SMILES string of the molecule is Cc1cccc(NC(=O)c2ccc3oc(=O)n(Cc4ccccc4)c3c2)c1C. The highest BCUT2D eigenvalue weighted by atomic mass is 16.4. The average molecular weight is 372 g/mol. The van der Waals surface area contributed by atoms with E-state index in [1.54, 1.807) is 22.8 Å². The van der Waals surface area contributed by atoms with Gasteiger partial charge in [0.05, 0.1) is 12.1 Å². The summed E-state index contributed by atoms with van der Waals surface area (Å²) in [6, 6.07) is 20.5. The molecular formula is C23H20N2O3. The fraction of sp³-hybridized carbons (Fsp3) is 0.130. The quantitative estimate of drug-likeness (QED) is 0.573. The van der Waals surface area contributed by atoms with Crippen LogP contribution < -0.4 is 11.1 Å². The van der Waals surface area contributed by atoms with Gasteiger partial charge in [-0.1, -0.05) is 42.5 Å². The number of hydrogen-bond acceptors (Lipinski definition) is 3. The average Bonchev–Trinajstić information content (AvgIpc) is 3.01. The molecule has 3 aromatic carbocycles. The van der Waals surface area contributed by atoms with Crippen LogP contribution in [0.15, 0.2) is 75.9 Å². The summed E-state index contributed by atoms with van der Waals surface area (Å²) in [4.78, 5) is 25.1. The predicted molar refractivity (Wildman–Crippen MR) is 110 cm³/mol. The summed E-state index contributed by atoms with van der Waals surface area (Å²) in [7, 11) is 0. The van der Waals surface area contributed by atoms with Gasteiger partial charge in [0.15, 0.2) is 5.58 Å². The van der Waals surface area contributed by atoms with Crippen molar-refractivity contribution in [3.05, 3.63) is 99.5 Å². The number of carbonyl (C=O) groups excluding carboxylic acids is 1. The standard InChI is InChI=1S/C23H20N2O3/c1-15-7-6-10-19(16(15)2)24-22(26)18-11-12-21-20(13-18)25(23(27)28-21)14-17-8-4-3-5-9-17/h3-13H,14H2,1-2H3,(H,24,26). The predicted octanol–water partition coefficient (Wildman–Crippen LogP) is 4.51. The number of benzene rings is 3. The van der Waals surface area contributed by atoms with Gasteiger partial charge in [-0.15, -0.1) is 0 Å². The van der Waals surface area contributed by atoms with Crippen LogP contribution in [0.5, 0.6) is 0 Å². The molecule has 1 aromatic heterocycles. The van der Waals surface area contributed by atoms with E-state index in [-0.39, 0.29) is 5.91 Å². The third-order valence-corrected chi connectivity index (χ3v) is 4.97. The summed E-state index contributed by atoms with van der Waals surface area (Å²) in [5, 5.41) is 2.95. The maximum atomic E-state index is 12.8. The minimum absolute atomic E-state index is 0.226. The number of hydrogen-bond donors (Lipinski definition) is 1. The van der Waals surface area contributed by atoms with E-state index in [1.165, 1.54) is 0 Å². The highest BCUT2D eigenvalue weighted by Gasteiger charge is 2.14. The van der Waals surface area contributed by atoms with E-state index in [4.69, 9.17) is 4.42 Å². The third kappa shape index (κ3) is 3.34. The van der Waals surface area contributed by atoms with Crippen molar-refractivity contribution in [2.75, 3.05) is 5.32 Å². The van der Waals surface area contributed by atoms with Crippen molar-refractivity contribution in [1.29, 1.82) is 0 Å². The van der Waals surface area contributed by atoms with E-state index >= 15 is 0 Å². The van der Waals surface area contributed by atoms with E-state index in [0.29, 0.717) is 23.2 Å². The molecule has 4 aromatic rings. The minimum atomic E-state index is -0.439. The molecule has 0 aliphatic carbocycles. The number of amides is 1. The van der Waals surface area contributed by atoms with Gasteiger partial charge in [-0.2, -0.15) is 0 Å². The maximum Gasteiger partial charge on any atom is 0.420 e. The minimum Gasteiger partial charge on any atom is -0.408 e. The Morgan fingerprint density at radius 3 is 2.57 bits per heavy atom. The summed E-state index contributed by atoms with van der Waals surface area (Å²) in [6.45, 7) is 4.36. The lowest BCUT2D eigenvalue weighted by molar-refractivity contribution is 0.102. The number of nitrogens with one attached hydrogen (secondary N) is 1. The molecule has 0 atom stereocenters. The number of nitrogens with zero attached hydrogens (tertiary/aromatic N) is 1. The Balaban J connectivity index is 1.69. The molecule has 0 spiro atoms. The molecule has 1 N–H and O–H groups in total. The van der Waals surface area contributed by atoms with Crippen LogP contribution in [0.25, 0.3) is 11.1 Å². The van der Waals surface area contributed by atoms with E-state index in [9.17, 15) is 9.59 Å². The Morgan fingerprint density at radius 2 is 1.79 bits per heavy atom. The van der Waals surface area contributed by atoms with Crippen molar-refractivity contribution in [2.24, 2.45) is 0 Å². The van der Waals surface area contributed by atoms with Crippen LogP contribution >= 0.6 is 0 Å². The van der Waals surface area contributed by atoms with Crippen LogP contribution in [0.3, 0.4) is 0 Å². The molecule has 0 unspecified atom stereocenters. The monoisotopic (exact) mass is 372 g/mol. The summed E-state index contributed by atoms with van der Waals surface area (Å²) < 4.78 is 6.88. The Morgan fingerprint density at radius 1 is 1.00 bits per heavy atom. The van der Waals surface area contributed by atoms with Gasteiger partial charge < -0.3 is 9.73 Å². The van der Waals surface area contributed by atoms with Crippen molar-refractivity contribution < 1.29 is 9.21 Å². The molecule has 0 aliphatic rings. The summed E-state index contributed by atoms with van der Waals surface area (Å²) >= 11 is 0. The molecule has 5 heteroatoms. The zero-order valence-electron chi connectivity index (χ0n) is 15.7. The van der Waals surface area contributed by atoms with Gasteiger partial charge in [-0.05, 0) is 54.8 Å². The lowest BCUT2D eigenvalue weighted by Crippen LogP contribution is -2.16. The fourth-order valence-electron chi connectivity index (χ4n) is 3.20. The highest BCUT2D eigenvalue weighted by molar-refractivity contribution is 6.06. The topological polar surface area (TPSA) is 64.2 Å². The van der Waals surface area contributed by atoms with E-state index in [0.717, 1.165) is 22.4 Å². The Labute approximate surface area is 162 Å². The van der Waals surface area contributed by atoms with Crippen LogP contribution in [-0.2, 0) is 6.54 Å². The molecule has 0 aliphatic heterocycles. The molecule has 140 valence electrons. The number of fused-ring (bicyclic) bond motifs is 1. The first kappa shape index (κ1) is 17.8. The molecule has 0 bridgehead atoms. The third-order valence-electron chi connectivity index (χ3n) is 4.97. The van der Waals surface area contributed by atoms with Gasteiger partial charge in [-0.3, -0.25) is 9.36 Å². The first-order valence-electron chi connectivity index (χ1n) is 9.08. The van der Waals surface area contributed by atoms with E-state index in [2.05, 4.69) is 5.32 Å². The first-order valence-corrected chi connectivity index (χ1v) is 9.08. The Kier molecular flexibility index (Phi) is 4.57. The second-order valence-corrected chi connectivity index (χ2v) is 6.82. The van der Waals surface area contributed by atoms with E-state index in [1.807, 2.05) is 62.4 Å². The number of aryl methyl sites for hydroxylation is 1. The summed E-state index contributed by atoms with van der Waals surface area (Å²) in [5.41, 5.74) is 5.43. The van der Waals surface area contributed by atoms with Gasteiger partial charge in [0.1, 0.15) is 0 Å². The van der Waals surface area contributed by atoms with Gasteiger partial charge in [0, 0.05) is 11.3 Å². The molecule has 4 rings (SSSR count). The van der Waals surface area contributed by atoms with Gasteiger partial charge >= 0.3 is 5.76 Å². The molecule has 0 fully saturated rings. The molecule has 5 nitrogen and oxygen atoms in total. The number of carbonyl (C=O) groups is 1. The van der Waals surface area contributed by atoms with Crippen LogP contribution in [-0.4, -0.2) is 10.5 Å². The van der Waals surface area contributed by atoms with Crippen LogP contribution in [0.2, 0.25) is 0 Å². The van der Waals surface area contributed by atoms with Crippen molar-refractivity contribution >= 4 is 22.7 Å². The molecule has 1 heterocycles. The zero-order chi connectivity index (χ0) is 19.7. The fourth-order valence-corrected chi connectivity index (χ4v) is 3.20. The molecule has 0 saturated carbocycles. The van der Waals surface area contributed by atoms with Gasteiger partial charge in [0.2, 0.25) is 0 Å². The van der Waals surface area contributed by atoms with Crippen molar-refractivity contribution in [2.45, 2.75) is 20.4 Å². The molecule has 0 saturated heterocycles. The van der Waals surface area contributed by atoms with Crippen LogP contribution in [0.4, 0.5) is 5.69 Å². The summed E-state index contributed by atoms with van der Waals surface area (Å²) in [5.74, 6) is -0.665. The van der Waals surface area contributed by atoms with Gasteiger partial charge in [0.25, 0.3) is 5.91 Å². The smallest absolute Gasteiger partial charge is 0.408 e. The molecular weight excluding hydrogens is 352 g/mol. The number of oxazole rings is 1.